The average molecular weight is 308 g/mol. The van der Waals surface area contributed by atoms with Gasteiger partial charge in [0, 0.05) is 12.0 Å². The second-order valence-electron chi connectivity index (χ2n) is 4.54. The molecule has 6 nitrogen and oxygen atoms in total. The van der Waals surface area contributed by atoms with E-state index >= 15 is 0 Å². The Hall–Kier alpha value is -1.08. The monoisotopic (exact) mass is 307 g/mol. The number of rotatable bonds is 4. The number of halogens is 1. The van der Waals surface area contributed by atoms with Crippen molar-refractivity contribution in [2.45, 2.75) is 32.3 Å². The number of ether oxygens (including phenoxy) is 1. The maximum absolute atomic E-state index is 11.6. The van der Waals surface area contributed by atoms with Gasteiger partial charge in [0.15, 0.2) is 9.84 Å². The lowest BCUT2D eigenvalue weighted by Crippen LogP contribution is -2.19. The Labute approximate surface area is 116 Å². The van der Waals surface area contributed by atoms with Crippen molar-refractivity contribution in [1.82, 2.24) is 5.16 Å². The van der Waals surface area contributed by atoms with Crippen LogP contribution < -0.4 is 0 Å². The first-order valence-corrected chi connectivity index (χ1v) is 8.08. The van der Waals surface area contributed by atoms with Crippen molar-refractivity contribution in [3.63, 3.8) is 0 Å². The quantitative estimate of drug-likeness (QED) is 0.779. The standard InChI is InChI=1S/C11H14ClNO5S/c1-7-9(11(12)18-13-7)2-3-10(14)17-8-4-5-19(15,16)6-8/h8H,2-6H2,1H3/t8-/m1/s1. The van der Waals surface area contributed by atoms with Crippen LogP contribution in [0, 0.1) is 6.92 Å². The van der Waals surface area contributed by atoms with Gasteiger partial charge in [0.05, 0.1) is 17.2 Å². The molecule has 1 aliphatic rings. The average Bonchev–Trinajstić information content (AvgIpc) is 2.80. The summed E-state index contributed by atoms with van der Waals surface area (Å²) in [5, 5.41) is 3.85. The van der Waals surface area contributed by atoms with Crippen LogP contribution in [0.4, 0.5) is 0 Å². The predicted molar refractivity (Wildman–Crippen MR) is 67.7 cm³/mol. The topological polar surface area (TPSA) is 86.5 Å². The van der Waals surface area contributed by atoms with E-state index in [1.54, 1.807) is 6.92 Å². The zero-order chi connectivity index (χ0) is 14.0. The number of aromatic nitrogens is 1. The Kier molecular flexibility index (Phi) is 4.15. The lowest BCUT2D eigenvalue weighted by molar-refractivity contribution is -0.147. The van der Waals surface area contributed by atoms with Gasteiger partial charge in [0.1, 0.15) is 6.10 Å². The SMILES string of the molecule is Cc1noc(Cl)c1CCC(=O)O[C@@H]1CCS(=O)(=O)C1. The van der Waals surface area contributed by atoms with Gasteiger partial charge in [-0.1, -0.05) is 5.16 Å². The van der Waals surface area contributed by atoms with Gasteiger partial charge in [-0.2, -0.15) is 0 Å². The zero-order valence-corrected chi connectivity index (χ0v) is 12.0. The summed E-state index contributed by atoms with van der Waals surface area (Å²) < 4.78 is 32.3. The van der Waals surface area contributed by atoms with E-state index in [0.29, 0.717) is 24.1 Å². The molecule has 0 N–H and O–H groups in total. The summed E-state index contributed by atoms with van der Waals surface area (Å²) in [6.45, 7) is 1.74. The predicted octanol–water partition coefficient (Wildman–Crippen LogP) is 1.30. The number of carbonyl (C=O) groups excluding carboxylic acids is 1. The van der Waals surface area contributed by atoms with Crippen molar-refractivity contribution in [1.29, 1.82) is 0 Å². The van der Waals surface area contributed by atoms with Gasteiger partial charge in [-0.25, -0.2) is 8.42 Å². The molecular formula is C11H14ClNO5S. The molecule has 8 heteroatoms. The molecule has 0 saturated carbocycles. The van der Waals surface area contributed by atoms with Crippen molar-refractivity contribution >= 4 is 27.4 Å². The third kappa shape index (κ3) is 3.70. The van der Waals surface area contributed by atoms with Crippen LogP contribution in [-0.2, 0) is 25.8 Å². The van der Waals surface area contributed by atoms with Crippen LogP contribution in [0.1, 0.15) is 24.1 Å². The summed E-state index contributed by atoms with van der Waals surface area (Å²) in [4.78, 5) is 11.6. The second-order valence-corrected chi connectivity index (χ2v) is 7.11. The van der Waals surface area contributed by atoms with E-state index in [1.807, 2.05) is 0 Å². The highest BCUT2D eigenvalue weighted by Crippen LogP contribution is 2.21. The molecule has 1 saturated heterocycles. The summed E-state index contributed by atoms with van der Waals surface area (Å²) in [6.07, 6.45) is 0.350. The van der Waals surface area contributed by atoms with Crippen molar-refractivity contribution in [3.8, 4) is 0 Å². The molecule has 1 fully saturated rings. The number of carbonyl (C=O) groups is 1. The van der Waals surface area contributed by atoms with Gasteiger partial charge in [-0.3, -0.25) is 4.79 Å². The van der Waals surface area contributed by atoms with Crippen LogP contribution in [0.3, 0.4) is 0 Å². The number of aryl methyl sites for hydroxylation is 1. The Balaban J connectivity index is 1.83. The first kappa shape index (κ1) is 14.3. The van der Waals surface area contributed by atoms with Crippen LogP contribution in [0.2, 0.25) is 5.22 Å². The minimum Gasteiger partial charge on any atom is -0.461 e. The van der Waals surface area contributed by atoms with Gasteiger partial charge in [-0.05, 0) is 31.4 Å². The Bertz CT molecular complexity index is 560. The number of esters is 1. The maximum atomic E-state index is 11.6. The molecule has 0 unspecified atom stereocenters. The lowest BCUT2D eigenvalue weighted by Gasteiger charge is -2.09. The van der Waals surface area contributed by atoms with Crippen LogP contribution in [0.15, 0.2) is 4.52 Å². The van der Waals surface area contributed by atoms with Crippen LogP contribution in [0.25, 0.3) is 0 Å². The molecule has 1 aromatic rings. The van der Waals surface area contributed by atoms with Crippen LogP contribution >= 0.6 is 11.6 Å². The molecule has 0 aliphatic carbocycles. The molecule has 2 heterocycles. The molecule has 0 radical (unpaired) electrons. The number of hydrogen-bond donors (Lipinski definition) is 0. The van der Waals surface area contributed by atoms with E-state index in [-0.39, 0.29) is 23.1 Å². The summed E-state index contributed by atoms with van der Waals surface area (Å²) >= 11 is 5.78. The summed E-state index contributed by atoms with van der Waals surface area (Å²) in [5.41, 5.74) is 1.32. The third-order valence-electron chi connectivity index (χ3n) is 3.00. The second kappa shape index (κ2) is 5.50. The van der Waals surface area contributed by atoms with E-state index in [1.165, 1.54) is 0 Å². The van der Waals surface area contributed by atoms with Gasteiger partial charge in [0.25, 0.3) is 0 Å². The molecule has 2 rings (SSSR count). The third-order valence-corrected chi connectivity index (χ3v) is 5.04. The summed E-state index contributed by atoms with van der Waals surface area (Å²) in [7, 11) is -3.04. The maximum Gasteiger partial charge on any atom is 0.306 e. The summed E-state index contributed by atoms with van der Waals surface area (Å²) in [5.74, 6) is -0.424. The Morgan fingerprint density at radius 1 is 1.58 bits per heavy atom. The van der Waals surface area contributed by atoms with Gasteiger partial charge in [-0.15, -0.1) is 0 Å². The van der Waals surface area contributed by atoms with Gasteiger partial charge >= 0.3 is 5.97 Å². The van der Waals surface area contributed by atoms with Crippen molar-refractivity contribution < 1.29 is 22.5 Å². The highest BCUT2D eigenvalue weighted by Gasteiger charge is 2.30. The Morgan fingerprint density at radius 2 is 2.32 bits per heavy atom. The fraction of sp³-hybridized carbons (Fsp3) is 0.636. The largest absolute Gasteiger partial charge is 0.461 e. The van der Waals surface area contributed by atoms with E-state index in [0.717, 1.165) is 0 Å². The van der Waals surface area contributed by atoms with Gasteiger partial charge < -0.3 is 9.26 Å². The highest BCUT2D eigenvalue weighted by molar-refractivity contribution is 7.91. The van der Waals surface area contributed by atoms with Gasteiger partial charge in [0.2, 0.25) is 5.22 Å². The van der Waals surface area contributed by atoms with E-state index in [4.69, 9.17) is 20.9 Å². The minimum atomic E-state index is -3.04. The smallest absolute Gasteiger partial charge is 0.306 e. The molecular weight excluding hydrogens is 294 g/mol. The molecule has 0 spiro atoms. The van der Waals surface area contributed by atoms with E-state index in [2.05, 4.69) is 5.16 Å². The molecule has 0 bridgehead atoms. The van der Waals surface area contributed by atoms with Crippen molar-refractivity contribution in [2.75, 3.05) is 11.5 Å². The fourth-order valence-corrected chi connectivity index (χ4v) is 3.82. The van der Waals surface area contributed by atoms with Crippen molar-refractivity contribution in [3.05, 3.63) is 16.5 Å². The molecule has 1 aliphatic heterocycles. The molecule has 19 heavy (non-hydrogen) atoms. The van der Waals surface area contributed by atoms with Crippen LogP contribution in [-0.4, -0.2) is 37.2 Å². The first-order valence-electron chi connectivity index (χ1n) is 5.88. The molecule has 106 valence electrons. The minimum absolute atomic E-state index is 0.0776. The Morgan fingerprint density at radius 3 is 2.84 bits per heavy atom. The van der Waals surface area contributed by atoms with Crippen LogP contribution in [0.5, 0.6) is 0 Å². The number of sulfone groups is 1. The highest BCUT2D eigenvalue weighted by atomic mass is 35.5. The zero-order valence-electron chi connectivity index (χ0n) is 10.4. The molecule has 1 aromatic heterocycles. The molecule has 0 amide bonds. The number of hydrogen-bond acceptors (Lipinski definition) is 6. The summed E-state index contributed by atoms with van der Waals surface area (Å²) in [6, 6.07) is 0. The lowest BCUT2D eigenvalue weighted by atomic mass is 10.1. The first-order chi connectivity index (χ1) is 8.87. The van der Waals surface area contributed by atoms with E-state index < -0.39 is 21.9 Å². The van der Waals surface area contributed by atoms with E-state index in [9.17, 15) is 13.2 Å². The molecule has 1 atom stereocenters. The van der Waals surface area contributed by atoms with Crippen molar-refractivity contribution in [2.24, 2.45) is 0 Å². The number of nitrogens with zero attached hydrogens (tertiary/aromatic N) is 1. The fourth-order valence-electron chi connectivity index (χ4n) is 1.97. The molecule has 0 aromatic carbocycles. The normalized spacial score (nSPS) is 21.5.